The highest BCUT2D eigenvalue weighted by molar-refractivity contribution is 5.41. The third-order valence-corrected chi connectivity index (χ3v) is 5.24. The molecular weight excluding hydrogens is 354 g/mol. The first kappa shape index (κ1) is 20.6. The van der Waals surface area contributed by atoms with E-state index in [1.807, 2.05) is 31.2 Å². The maximum absolute atomic E-state index is 10.8. The molecule has 0 saturated carbocycles. The van der Waals surface area contributed by atoms with Crippen LogP contribution in [0.5, 0.6) is 11.5 Å². The Bertz CT molecular complexity index is 768. The number of aryl methyl sites for hydroxylation is 1. The van der Waals surface area contributed by atoms with Crippen molar-refractivity contribution in [3.63, 3.8) is 0 Å². The van der Waals surface area contributed by atoms with Crippen LogP contribution in [0, 0.1) is 6.92 Å². The molecule has 1 aromatic heterocycles. The lowest BCUT2D eigenvalue weighted by atomic mass is 10.1. The van der Waals surface area contributed by atoms with Gasteiger partial charge in [0.15, 0.2) is 0 Å². The Hall–Kier alpha value is -2.15. The molecule has 0 spiro atoms. The van der Waals surface area contributed by atoms with Crippen LogP contribution in [0.4, 0.5) is 0 Å². The summed E-state index contributed by atoms with van der Waals surface area (Å²) in [6, 6.07) is 11.7. The molecule has 1 aliphatic rings. The molecule has 1 atom stereocenters. The molecule has 0 aliphatic carbocycles. The van der Waals surface area contributed by atoms with Gasteiger partial charge in [-0.1, -0.05) is 6.07 Å². The van der Waals surface area contributed by atoms with E-state index < -0.39 is 6.10 Å². The smallest absolute Gasteiger partial charge is 0.124 e. The average Bonchev–Trinajstić information content (AvgIpc) is 2.92. The van der Waals surface area contributed by atoms with E-state index in [1.165, 1.54) is 0 Å². The second-order valence-electron chi connectivity index (χ2n) is 7.32. The number of aliphatic hydroxyl groups excluding tert-OH is 1. The number of hydrogen-bond acceptors (Lipinski definition) is 6. The van der Waals surface area contributed by atoms with Crippen molar-refractivity contribution >= 4 is 0 Å². The van der Waals surface area contributed by atoms with Crippen molar-refractivity contribution in [3.8, 4) is 11.5 Å². The summed E-state index contributed by atoms with van der Waals surface area (Å²) in [5, 5.41) is 10.8. The first-order valence-corrected chi connectivity index (χ1v) is 9.86. The first-order chi connectivity index (χ1) is 13.6. The molecule has 0 amide bonds. The van der Waals surface area contributed by atoms with E-state index >= 15 is 0 Å². The number of aromatic nitrogens is 1. The molecule has 0 unspecified atom stereocenters. The van der Waals surface area contributed by atoms with Crippen molar-refractivity contribution in [3.05, 3.63) is 53.3 Å². The summed E-state index contributed by atoms with van der Waals surface area (Å²) in [4.78, 5) is 9.39. The highest BCUT2D eigenvalue weighted by Gasteiger charge is 2.21. The number of β-amino-alcohol motifs (C(OH)–C–C–N with tert-alkyl or cyclic N) is 1. The Morgan fingerprint density at radius 1 is 1.04 bits per heavy atom. The highest BCUT2D eigenvalue weighted by Crippen LogP contribution is 2.30. The van der Waals surface area contributed by atoms with Gasteiger partial charge in [-0.05, 0) is 56.8 Å². The monoisotopic (exact) mass is 385 g/mol. The molecule has 2 heterocycles. The molecule has 6 heteroatoms. The van der Waals surface area contributed by atoms with Crippen LogP contribution < -0.4 is 9.47 Å². The highest BCUT2D eigenvalue weighted by atomic mass is 16.5. The summed E-state index contributed by atoms with van der Waals surface area (Å²) in [6.45, 7) is 7.41. The maximum Gasteiger partial charge on any atom is 0.124 e. The molecule has 6 nitrogen and oxygen atoms in total. The number of ether oxygens (including phenoxy) is 2. The maximum atomic E-state index is 10.8. The quantitative estimate of drug-likeness (QED) is 0.791. The van der Waals surface area contributed by atoms with Gasteiger partial charge in [0.2, 0.25) is 0 Å². The SMILES string of the molecule is COc1ccc(OC)c([C@@H](O)CN2CCCN(Cc3cccc(C)n3)CC2)c1. The number of rotatable bonds is 7. The number of nitrogens with zero attached hydrogens (tertiary/aromatic N) is 3. The summed E-state index contributed by atoms with van der Waals surface area (Å²) in [6.07, 6.45) is 0.461. The number of benzene rings is 1. The van der Waals surface area contributed by atoms with Gasteiger partial charge in [-0.3, -0.25) is 14.8 Å². The first-order valence-electron chi connectivity index (χ1n) is 9.86. The fraction of sp³-hybridized carbons (Fsp3) is 0.500. The van der Waals surface area contributed by atoms with Crippen LogP contribution in [0.2, 0.25) is 0 Å². The topological polar surface area (TPSA) is 58.1 Å². The fourth-order valence-electron chi connectivity index (χ4n) is 3.72. The molecule has 1 aliphatic heterocycles. The van der Waals surface area contributed by atoms with Crippen LogP contribution in [0.25, 0.3) is 0 Å². The van der Waals surface area contributed by atoms with Gasteiger partial charge < -0.3 is 14.6 Å². The average molecular weight is 386 g/mol. The molecule has 1 fully saturated rings. The van der Waals surface area contributed by atoms with Crippen LogP contribution in [0.15, 0.2) is 36.4 Å². The van der Waals surface area contributed by atoms with Crippen LogP contribution in [-0.4, -0.2) is 66.8 Å². The number of aliphatic hydroxyl groups is 1. The van der Waals surface area contributed by atoms with Crippen LogP contribution in [0.3, 0.4) is 0 Å². The minimum absolute atomic E-state index is 0.583. The minimum atomic E-state index is -0.616. The lowest BCUT2D eigenvalue weighted by Crippen LogP contribution is -2.33. The Morgan fingerprint density at radius 3 is 2.57 bits per heavy atom. The molecule has 1 N–H and O–H groups in total. The normalized spacial score (nSPS) is 17.1. The Labute approximate surface area is 167 Å². The lowest BCUT2D eigenvalue weighted by molar-refractivity contribution is 0.112. The van der Waals surface area contributed by atoms with Crippen molar-refractivity contribution in [2.24, 2.45) is 0 Å². The Morgan fingerprint density at radius 2 is 1.82 bits per heavy atom. The second-order valence-corrected chi connectivity index (χ2v) is 7.32. The van der Waals surface area contributed by atoms with Crippen molar-refractivity contribution in [1.82, 2.24) is 14.8 Å². The van der Waals surface area contributed by atoms with Crippen molar-refractivity contribution in [1.29, 1.82) is 0 Å². The third-order valence-electron chi connectivity index (χ3n) is 5.24. The van der Waals surface area contributed by atoms with Crippen LogP contribution >= 0.6 is 0 Å². The van der Waals surface area contributed by atoms with Gasteiger partial charge in [0.05, 0.1) is 26.0 Å². The van der Waals surface area contributed by atoms with Crippen molar-refractivity contribution in [2.75, 3.05) is 46.9 Å². The van der Waals surface area contributed by atoms with E-state index in [1.54, 1.807) is 14.2 Å². The molecule has 1 aromatic carbocycles. The zero-order valence-electron chi connectivity index (χ0n) is 17.1. The molecule has 3 rings (SSSR count). The summed E-state index contributed by atoms with van der Waals surface area (Å²) in [5.41, 5.74) is 2.95. The molecule has 2 aromatic rings. The predicted octanol–water partition coefficient (Wildman–Crippen LogP) is 2.65. The van der Waals surface area contributed by atoms with E-state index in [2.05, 4.69) is 26.9 Å². The second kappa shape index (κ2) is 9.87. The number of methoxy groups -OCH3 is 2. The Kier molecular flexibility index (Phi) is 7.25. The number of hydrogen-bond donors (Lipinski definition) is 1. The van der Waals surface area contributed by atoms with Crippen LogP contribution in [0.1, 0.15) is 29.5 Å². The standard InChI is InChI=1S/C22H31N3O3/c1-17-6-4-7-18(23-17)15-24-10-5-11-25(13-12-24)16-21(26)20-14-19(27-2)8-9-22(20)28-3/h4,6-9,14,21,26H,5,10-13,15-16H2,1-3H3/t21-/m0/s1. The van der Waals surface area contributed by atoms with Gasteiger partial charge in [-0.2, -0.15) is 0 Å². The summed E-state index contributed by atoms with van der Waals surface area (Å²) in [5.74, 6) is 1.41. The van der Waals surface area contributed by atoms with Crippen molar-refractivity contribution < 1.29 is 14.6 Å². The molecule has 1 saturated heterocycles. The van der Waals surface area contributed by atoms with Gasteiger partial charge in [0.25, 0.3) is 0 Å². The third kappa shape index (κ3) is 5.44. The molecular formula is C22H31N3O3. The Balaban J connectivity index is 1.58. The largest absolute Gasteiger partial charge is 0.497 e. The van der Waals surface area contributed by atoms with Crippen LogP contribution in [-0.2, 0) is 6.54 Å². The lowest BCUT2D eigenvalue weighted by Gasteiger charge is -2.25. The van der Waals surface area contributed by atoms with E-state index in [9.17, 15) is 5.11 Å². The zero-order chi connectivity index (χ0) is 19.9. The summed E-state index contributed by atoms with van der Waals surface area (Å²) < 4.78 is 10.7. The van der Waals surface area contributed by atoms with Gasteiger partial charge in [0.1, 0.15) is 11.5 Å². The molecule has 0 bridgehead atoms. The fourth-order valence-corrected chi connectivity index (χ4v) is 3.72. The van der Waals surface area contributed by atoms with Gasteiger partial charge in [0, 0.05) is 37.4 Å². The molecule has 28 heavy (non-hydrogen) atoms. The van der Waals surface area contributed by atoms with E-state index in [-0.39, 0.29) is 0 Å². The summed E-state index contributed by atoms with van der Waals surface area (Å²) in [7, 11) is 3.26. The predicted molar refractivity (Wildman–Crippen MR) is 110 cm³/mol. The van der Waals surface area contributed by atoms with Gasteiger partial charge in [-0.15, -0.1) is 0 Å². The molecule has 0 radical (unpaired) electrons. The van der Waals surface area contributed by atoms with E-state index in [4.69, 9.17) is 9.47 Å². The van der Waals surface area contributed by atoms with Crippen molar-refractivity contribution in [2.45, 2.75) is 26.0 Å². The molecule has 152 valence electrons. The summed E-state index contributed by atoms with van der Waals surface area (Å²) >= 11 is 0. The minimum Gasteiger partial charge on any atom is -0.497 e. The van der Waals surface area contributed by atoms with Gasteiger partial charge >= 0.3 is 0 Å². The number of pyridine rings is 1. The van der Waals surface area contributed by atoms with E-state index in [0.29, 0.717) is 12.3 Å². The zero-order valence-corrected chi connectivity index (χ0v) is 17.1. The van der Waals surface area contributed by atoms with Gasteiger partial charge in [-0.25, -0.2) is 0 Å². The van der Waals surface area contributed by atoms with E-state index in [0.717, 1.165) is 61.8 Å².